The van der Waals surface area contributed by atoms with Crippen LogP contribution in [0.15, 0.2) is 0 Å². The first-order chi connectivity index (χ1) is 5.37. The van der Waals surface area contributed by atoms with E-state index < -0.39 is 30.0 Å². The van der Waals surface area contributed by atoms with Gasteiger partial charge in [-0.1, -0.05) is 0 Å². The van der Waals surface area contributed by atoms with Crippen LogP contribution < -0.4 is 5.73 Å². The molecule has 0 saturated carbocycles. The third-order valence-corrected chi connectivity index (χ3v) is 1.55. The number of aliphatic hydroxyl groups is 1. The predicted molar refractivity (Wildman–Crippen MR) is 38.4 cm³/mol. The number of rotatable bonds is 4. The number of aliphatic carboxylic acids is 2. The summed E-state index contributed by atoms with van der Waals surface area (Å²) in [7, 11) is 0. The van der Waals surface area contributed by atoms with Gasteiger partial charge in [0.1, 0.15) is 6.04 Å². The first-order valence-electron chi connectivity index (χ1n) is 3.27. The van der Waals surface area contributed by atoms with Crippen molar-refractivity contribution in [2.45, 2.75) is 19.1 Å². The Morgan fingerprint density at radius 1 is 1.25 bits per heavy atom. The van der Waals surface area contributed by atoms with E-state index >= 15 is 0 Å². The van der Waals surface area contributed by atoms with Crippen molar-refractivity contribution in [1.82, 2.24) is 0 Å². The standard InChI is InChI=1S/C6H11NO5/c1-2(5(9)10)4(8)3(7)6(11)12/h2-4,8H,7H2,1H3,(H,9,10)(H,11,12)/t2?,3-,4?/m0/s1. The van der Waals surface area contributed by atoms with Gasteiger partial charge in [-0.15, -0.1) is 0 Å². The van der Waals surface area contributed by atoms with Gasteiger partial charge in [0.25, 0.3) is 0 Å². The van der Waals surface area contributed by atoms with Gasteiger partial charge >= 0.3 is 11.9 Å². The molecule has 0 aromatic carbocycles. The van der Waals surface area contributed by atoms with Gasteiger partial charge in [0.05, 0.1) is 12.0 Å². The number of nitrogens with two attached hydrogens (primary N) is 1. The maximum absolute atomic E-state index is 10.3. The summed E-state index contributed by atoms with van der Waals surface area (Å²) >= 11 is 0. The molecule has 0 aromatic heterocycles. The Morgan fingerprint density at radius 3 is 1.92 bits per heavy atom. The highest BCUT2D eigenvalue weighted by atomic mass is 16.4. The van der Waals surface area contributed by atoms with E-state index in [0.717, 1.165) is 0 Å². The highest BCUT2D eigenvalue weighted by molar-refractivity contribution is 5.77. The molecule has 5 N–H and O–H groups in total. The fourth-order valence-corrected chi connectivity index (χ4v) is 0.603. The average molecular weight is 177 g/mol. The van der Waals surface area contributed by atoms with Crippen LogP contribution in [0.25, 0.3) is 0 Å². The van der Waals surface area contributed by atoms with Crippen molar-refractivity contribution in [3.63, 3.8) is 0 Å². The van der Waals surface area contributed by atoms with Crippen LogP contribution in [0.5, 0.6) is 0 Å². The van der Waals surface area contributed by atoms with Crippen molar-refractivity contribution in [2.24, 2.45) is 11.7 Å². The van der Waals surface area contributed by atoms with Crippen LogP contribution in [0.4, 0.5) is 0 Å². The molecule has 0 aliphatic rings. The number of carboxylic acid groups (broad SMARTS) is 2. The van der Waals surface area contributed by atoms with E-state index in [0.29, 0.717) is 0 Å². The smallest absolute Gasteiger partial charge is 0.323 e. The van der Waals surface area contributed by atoms with E-state index in [2.05, 4.69) is 0 Å². The second-order valence-corrected chi connectivity index (χ2v) is 2.48. The highest BCUT2D eigenvalue weighted by Gasteiger charge is 2.31. The zero-order valence-corrected chi connectivity index (χ0v) is 6.47. The lowest BCUT2D eigenvalue weighted by Crippen LogP contribution is -2.47. The zero-order valence-electron chi connectivity index (χ0n) is 6.47. The molecule has 6 heteroatoms. The Bertz CT molecular complexity index is 172. The topological polar surface area (TPSA) is 121 Å². The molecular formula is C6H11NO5. The van der Waals surface area contributed by atoms with E-state index in [4.69, 9.17) is 21.1 Å². The van der Waals surface area contributed by atoms with Crippen LogP contribution in [0.3, 0.4) is 0 Å². The van der Waals surface area contributed by atoms with E-state index in [1.807, 2.05) is 0 Å². The maximum Gasteiger partial charge on any atom is 0.323 e. The fraction of sp³-hybridized carbons (Fsp3) is 0.667. The van der Waals surface area contributed by atoms with Crippen LogP contribution in [-0.2, 0) is 9.59 Å². The van der Waals surface area contributed by atoms with Gasteiger partial charge in [0.2, 0.25) is 0 Å². The highest BCUT2D eigenvalue weighted by Crippen LogP contribution is 2.06. The summed E-state index contributed by atoms with van der Waals surface area (Å²) in [6.07, 6.45) is -1.57. The molecule has 0 rings (SSSR count). The van der Waals surface area contributed by atoms with Crippen LogP contribution in [0.2, 0.25) is 0 Å². The molecule has 0 spiro atoms. The lowest BCUT2D eigenvalue weighted by molar-refractivity contribution is -0.149. The van der Waals surface area contributed by atoms with Crippen LogP contribution >= 0.6 is 0 Å². The molecule has 2 unspecified atom stereocenters. The van der Waals surface area contributed by atoms with Gasteiger partial charge in [0.15, 0.2) is 0 Å². The van der Waals surface area contributed by atoms with E-state index in [1.165, 1.54) is 6.92 Å². The van der Waals surface area contributed by atoms with Crippen LogP contribution in [0, 0.1) is 5.92 Å². The molecule has 6 nitrogen and oxygen atoms in total. The summed E-state index contributed by atoms with van der Waals surface area (Å²) < 4.78 is 0. The summed E-state index contributed by atoms with van der Waals surface area (Å²) in [5, 5.41) is 25.7. The molecule has 0 aliphatic heterocycles. The molecule has 0 fully saturated rings. The molecule has 0 amide bonds. The number of hydrogen-bond donors (Lipinski definition) is 4. The lowest BCUT2D eigenvalue weighted by atomic mass is 9.99. The molecule has 0 aliphatic carbocycles. The quantitative estimate of drug-likeness (QED) is 0.414. The van der Waals surface area contributed by atoms with Gasteiger partial charge in [0, 0.05) is 0 Å². The number of aliphatic hydroxyl groups excluding tert-OH is 1. The molecule has 0 saturated heterocycles. The summed E-state index contributed by atoms with van der Waals surface area (Å²) in [6.45, 7) is 1.19. The van der Waals surface area contributed by atoms with Crippen LogP contribution in [-0.4, -0.2) is 39.4 Å². The molecular weight excluding hydrogens is 166 g/mol. The van der Waals surface area contributed by atoms with Crippen molar-refractivity contribution in [3.8, 4) is 0 Å². The molecule has 12 heavy (non-hydrogen) atoms. The average Bonchev–Trinajstić information content (AvgIpc) is 2.00. The summed E-state index contributed by atoms with van der Waals surface area (Å²) in [6, 6.07) is -1.56. The SMILES string of the molecule is CC(C(=O)O)C(O)[C@H](N)C(=O)O. The minimum atomic E-state index is -1.57. The second kappa shape index (κ2) is 4.03. The molecule has 0 heterocycles. The Kier molecular flexibility index (Phi) is 3.65. The van der Waals surface area contributed by atoms with Gasteiger partial charge in [-0.05, 0) is 6.92 Å². The molecule has 0 radical (unpaired) electrons. The number of carbonyl (C=O) groups is 2. The van der Waals surface area contributed by atoms with Gasteiger partial charge in [-0.3, -0.25) is 9.59 Å². The normalized spacial score (nSPS) is 17.9. The predicted octanol–water partition coefficient (Wildman–Crippen LogP) is -1.52. The van der Waals surface area contributed by atoms with Gasteiger partial charge in [-0.2, -0.15) is 0 Å². The summed E-state index contributed by atoms with van der Waals surface area (Å²) in [4.78, 5) is 20.4. The lowest BCUT2D eigenvalue weighted by Gasteiger charge is -2.18. The van der Waals surface area contributed by atoms with E-state index in [1.54, 1.807) is 0 Å². The molecule has 0 aromatic rings. The number of carboxylic acids is 2. The first-order valence-corrected chi connectivity index (χ1v) is 3.27. The molecule has 70 valence electrons. The third-order valence-electron chi connectivity index (χ3n) is 1.55. The zero-order chi connectivity index (χ0) is 9.89. The fourth-order valence-electron chi connectivity index (χ4n) is 0.603. The summed E-state index contributed by atoms with van der Waals surface area (Å²) in [5.74, 6) is -3.88. The Labute approximate surface area is 68.6 Å². The van der Waals surface area contributed by atoms with Crippen LogP contribution in [0.1, 0.15) is 6.92 Å². The summed E-state index contributed by atoms with van der Waals surface area (Å²) in [5.41, 5.74) is 4.99. The second-order valence-electron chi connectivity index (χ2n) is 2.48. The number of hydrogen-bond acceptors (Lipinski definition) is 4. The minimum Gasteiger partial charge on any atom is -0.481 e. The monoisotopic (exact) mass is 177 g/mol. The Hall–Kier alpha value is -1.14. The van der Waals surface area contributed by atoms with E-state index in [9.17, 15) is 9.59 Å². The molecule has 0 bridgehead atoms. The third kappa shape index (κ3) is 2.48. The van der Waals surface area contributed by atoms with Gasteiger partial charge in [-0.25, -0.2) is 0 Å². The van der Waals surface area contributed by atoms with Crippen molar-refractivity contribution in [2.75, 3.05) is 0 Å². The van der Waals surface area contributed by atoms with Crippen molar-refractivity contribution in [3.05, 3.63) is 0 Å². The maximum atomic E-state index is 10.3. The Balaban J connectivity index is 4.28. The van der Waals surface area contributed by atoms with E-state index in [-0.39, 0.29) is 0 Å². The van der Waals surface area contributed by atoms with Crippen molar-refractivity contribution < 1.29 is 24.9 Å². The van der Waals surface area contributed by atoms with Crippen molar-refractivity contribution >= 4 is 11.9 Å². The van der Waals surface area contributed by atoms with Gasteiger partial charge < -0.3 is 21.1 Å². The van der Waals surface area contributed by atoms with Crippen molar-refractivity contribution in [1.29, 1.82) is 0 Å². The first kappa shape index (κ1) is 10.9. The largest absolute Gasteiger partial charge is 0.481 e. The molecule has 3 atom stereocenters. The Morgan fingerprint density at radius 2 is 1.67 bits per heavy atom. The minimum absolute atomic E-state index is 1.18.